The third kappa shape index (κ3) is 8.29. The zero-order valence-electron chi connectivity index (χ0n) is 14.2. The first-order valence-corrected chi connectivity index (χ1v) is 8.37. The summed E-state index contributed by atoms with van der Waals surface area (Å²) in [5, 5.41) is 8.51. The molecule has 0 aromatic rings. The second-order valence-corrected chi connectivity index (χ2v) is 5.76. The van der Waals surface area contributed by atoms with E-state index in [0.29, 0.717) is 6.61 Å². The molecule has 1 aliphatic heterocycles. The molecule has 2 unspecified atom stereocenters. The Labute approximate surface area is 137 Å². The molecule has 1 aliphatic rings. The fourth-order valence-corrected chi connectivity index (χ4v) is 2.57. The van der Waals surface area contributed by atoms with Gasteiger partial charge in [-0.2, -0.15) is 0 Å². The van der Waals surface area contributed by atoms with E-state index in [1.54, 1.807) is 0 Å². The van der Waals surface area contributed by atoms with Crippen LogP contribution in [0, 0.1) is 0 Å². The lowest BCUT2D eigenvalue weighted by Crippen LogP contribution is -2.36. The van der Waals surface area contributed by atoms with E-state index in [0.717, 1.165) is 38.8 Å². The molecule has 0 bridgehead atoms. The Bertz CT molecular complexity index is 356. The van der Waals surface area contributed by atoms with Gasteiger partial charge in [-0.05, 0) is 25.7 Å². The van der Waals surface area contributed by atoms with Crippen molar-refractivity contribution in [1.29, 1.82) is 0 Å². The van der Waals surface area contributed by atoms with Gasteiger partial charge in [0.05, 0.1) is 25.4 Å². The first-order chi connectivity index (χ1) is 11.1. The summed E-state index contributed by atoms with van der Waals surface area (Å²) in [5.74, 6) is -0.960. The van der Waals surface area contributed by atoms with Crippen LogP contribution in [0.5, 0.6) is 0 Å². The van der Waals surface area contributed by atoms with Crippen LogP contribution in [0.4, 0.5) is 0 Å². The highest BCUT2D eigenvalue weighted by atomic mass is 16.6. The van der Waals surface area contributed by atoms with Crippen molar-refractivity contribution in [2.24, 2.45) is 0 Å². The number of carboxylic acids is 1. The molecule has 0 spiro atoms. The van der Waals surface area contributed by atoms with Gasteiger partial charge < -0.3 is 24.2 Å². The minimum atomic E-state index is -0.981. The predicted octanol–water partition coefficient (Wildman–Crippen LogP) is 1.30. The molecule has 0 saturated carbocycles. The number of hydrogen-bond acceptors (Lipinski definition) is 5. The highest BCUT2D eigenvalue weighted by molar-refractivity contribution is 5.77. The molecule has 2 atom stereocenters. The lowest BCUT2D eigenvalue weighted by Gasteiger charge is -2.21. The highest BCUT2D eigenvalue weighted by Gasteiger charge is 2.26. The van der Waals surface area contributed by atoms with Crippen LogP contribution in [-0.2, 0) is 23.8 Å². The third-order valence-electron chi connectivity index (χ3n) is 3.59. The van der Waals surface area contributed by atoms with Crippen molar-refractivity contribution >= 4 is 11.9 Å². The highest BCUT2D eigenvalue weighted by Crippen LogP contribution is 2.20. The number of carbonyl (C=O) groups excluding carboxylic acids is 1. The summed E-state index contributed by atoms with van der Waals surface area (Å²) in [6, 6.07) is 0. The Balaban J connectivity index is 2.16. The van der Waals surface area contributed by atoms with E-state index >= 15 is 0 Å². The minimum Gasteiger partial charge on any atom is -0.480 e. The van der Waals surface area contributed by atoms with E-state index in [4.69, 9.17) is 19.3 Å². The summed E-state index contributed by atoms with van der Waals surface area (Å²) in [4.78, 5) is 24.3. The van der Waals surface area contributed by atoms with E-state index in [-0.39, 0.29) is 37.9 Å². The van der Waals surface area contributed by atoms with Crippen molar-refractivity contribution in [2.75, 3.05) is 39.5 Å². The molecular weight excluding hydrogens is 302 g/mol. The molecule has 1 amide bonds. The second kappa shape index (κ2) is 11.4. The van der Waals surface area contributed by atoms with Crippen molar-refractivity contribution in [3.05, 3.63) is 0 Å². The van der Waals surface area contributed by atoms with Gasteiger partial charge >= 0.3 is 5.97 Å². The maximum Gasteiger partial charge on any atom is 0.329 e. The van der Waals surface area contributed by atoms with E-state index in [9.17, 15) is 9.59 Å². The van der Waals surface area contributed by atoms with Gasteiger partial charge in [-0.25, -0.2) is 4.79 Å². The van der Waals surface area contributed by atoms with Gasteiger partial charge in [-0.3, -0.25) is 4.79 Å². The van der Waals surface area contributed by atoms with E-state index < -0.39 is 5.97 Å². The standard InChI is InChI=1S/C16H29NO6/c1-3-7-17(8-4-2)15(18)11-21-9-13-5-6-14(23-13)10-22-12-16(19)20/h13-14H,3-12H2,1-2H3,(H,19,20). The first-order valence-electron chi connectivity index (χ1n) is 8.37. The van der Waals surface area contributed by atoms with Crippen molar-refractivity contribution in [3.8, 4) is 0 Å². The quantitative estimate of drug-likeness (QED) is 0.580. The maximum atomic E-state index is 12.1. The zero-order valence-corrected chi connectivity index (χ0v) is 14.2. The molecule has 1 saturated heterocycles. The smallest absolute Gasteiger partial charge is 0.329 e. The minimum absolute atomic E-state index is 0.0213. The van der Waals surface area contributed by atoms with Crippen LogP contribution in [0.1, 0.15) is 39.5 Å². The zero-order chi connectivity index (χ0) is 17.1. The fourth-order valence-electron chi connectivity index (χ4n) is 2.57. The first kappa shape index (κ1) is 19.9. The largest absolute Gasteiger partial charge is 0.480 e. The van der Waals surface area contributed by atoms with Crippen LogP contribution >= 0.6 is 0 Å². The van der Waals surface area contributed by atoms with Crippen molar-refractivity contribution < 1.29 is 28.9 Å². The summed E-state index contributed by atoms with van der Waals surface area (Å²) < 4.78 is 16.2. The number of carbonyl (C=O) groups is 2. The Kier molecular flexibility index (Phi) is 9.82. The number of amides is 1. The SMILES string of the molecule is CCCN(CCC)C(=O)COCC1CCC(COCC(=O)O)O1. The predicted molar refractivity (Wildman–Crippen MR) is 84.3 cm³/mol. The van der Waals surface area contributed by atoms with Crippen molar-refractivity contribution in [3.63, 3.8) is 0 Å². The van der Waals surface area contributed by atoms with Gasteiger partial charge in [0.1, 0.15) is 13.2 Å². The van der Waals surface area contributed by atoms with Crippen LogP contribution < -0.4 is 0 Å². The summed E-state index contributed by atoms with van der Waals surface area (Å²) in [6.07, 6.45) is 3.40. The molecule has 0 aromatic carbocycles. The molecule has 134 valence electrons. The molecule has 1 N–H and O–H groups in total. The maximum absolute atomic E-state index is 12.1. The monoisotopic (exact) mass is 331 g/mol. The molecule has 1 rings (SSSR count). The lowest BCUT2D eigenvalue weighted by molar-refractivity contribution is -0.143. The Hall–Kier alpha value is -1.18. The molecule has 23 heavy (non-hydrogen) atoms. The van der Waals surface area contributed by atoms with Crippen LogP contribution in [-0.4, -0.2) is 73.6 Å². The molecular formula is C16H29NO6. The summed E-state index contributed by atoms with van der Waals surface area (Å²) in [5.41, 5.74) is 0. The molecule has 7 heteroatoms. The number of nitrogens with zero attached hydrogens (tertiary/aromatic N) is 1. The van der Waals surface area contributed by atoms with Gasteiger partial charge in [0.2, 0.25) is 5.91 Å². The van der Waals surface area contributed by atoms with Gasteiger partial charge in [0, 0.05) is 13.1 Å². The Morgan fingerprint density at radius 3 is 2.04 bits per heavy atom. The number of hydrogen-bond donors (Lipinski definition) is 1. The van der Waals surface area contributed by atoms with E-state index in [1.165, 1.54) is 0 Å². The lowest BCUT2D eigenvalue weighted by atomic mass is 10.2. The average Bonchev–Trinajstić information content (AvgIpc) is 2.94. The topological polar surface area (TPSA) is 85.3 Å². The van der Waals surface area contributed by atoms with Gasteiger partial charge in [0.15, 0.2) is 0 Å². The van der Waals surface area contributed by atoms with Crippen molar-refractivity contribution in [1.82, 2.24) is 4.90 Å². The molecule has 0 radical (unpaired) electrons. The van der Waals surface area contributed by atoms with Crippen LogP contribution in [0.3, 0.4) is 0 Å². The van der Waals surface area contributed by atoms with Gasteiger partial charge in [-0.1, -0.05) is 13.8 Å². The summed E-state index contributed by atoms with van der Waals surface area (Å²) in [7, 11) is 0. The molecule has 1 heterocycles. The molecule has 1 fully saturated rings. The van der Waals surface area contributed by atoms with Crippen LogP contribution in [0.2, 0.25) is 0 Å². The van der Waals surface area contributed by atoms with E-state index in [1.807, 2.05) is 4.90 Å². The van der Waals surface area contributed by atoms with Crippen LogP contribution in [0.25, 0.3) is 0 Å². The second-order valence-electron chi connectivity index (χ2n) is 5.76. The number of ether oxygens (including phenoxy) is 3. The molecule has 7 nitrogen and oxygen atoms in total. The average molecular weight is 331 g/mol. The molecule has 0 aliphatic carbocycles. The normalized spacial score (nSPS) is 20.6. The van der Waals surface area contributed by atoms with Crippen molar-refractivity contribution in [2.45, 2.75) is 51.7 Å². The van der Waals surface area contributed by atoms with Gasteiger partial charge in [-0.15, -0.1) is 0 Å². The third-order valence-corrected chi connectivity index (χ3v) is 3.59. The number of carboxylic acid groups (broad SMARTS) is 1. The summed E-state index contributed by atoms with van der Waals surface area (Å²) in [6.45, 7) is 6.07. The van der Waals surface area contributed by atoms with Gasteiger partial charge in [0.25, 0.3) is 0 Å². The number of aliphatic carboxylic acids is 1. The van der Waals surface area contributed by atoms with Crippen LogP contribution in [0.15, 0.2) is 0 Å². The molecule has 0 aromatic heterocycles. The number of rotatable bonds is 12. The Morgan fingerprint density at radius 1 is 1.04 bits per heavy atom. The Morgan fingerprint density at radius 2 is 1.57 bits per heavy atom. The fraction of sp³-hybridized carbons (Fsp3) is 0.875. The summed E-state index contributed by atoms with van der Waals surface area (Å²) >= 11 is 0. The van der Waals surface area contributed by atoms with E-state index in [2.05, 4.69) is 13.8 Å².